The number of rotatable bonds is 1. The van der Waals surface area contributed by atoms with E-state index in [4.69, 9.17) is 0 Å². The minimum atomic E-state index is -0.538. The molecule has 0 aliphatic carbocycles. The molecule has 0 radical (unpaired) electrons. The van der Waals surface area contributed by atoms with Crippen molar-refractivity contribution in [1.82, 2.24) is 20.1 Å². The summed E-state index contributed by atoms with van der Waals surface area (Å²) in [7, 11) is 0. The highest BCUT2D eigenvalue weighted by Crippen LogP contribution is 2.22. The van der Waals surface area contributed by atoms with E-state index >= 15 is 0 Å². The predicted molar refractivity (Wildman–Crippen MR) is 46.0 cm³/mol. The van der Waals surface area contributed by atoms with Crippen molar-refractivity contribution in [2.45, 2.75) is 32.6 Å². The van der Waals surface area contributed by atoms with E-state index in [1.165, 1.54) is 0 Å². The molecular formula is C8H13FN4. The topological polar surface area (TPSA) is 42.7 Å². The van der Waals surface area contributed by atoms with Crippen LogP contribution in [0.2, 0.25) is 0 Å². The summed E-state index contributed by atoms with van der Waals surface area (Å²) in [4.78, 5) is 0. The van der Waals surface area contributed by atoms with Gasteiger partial charge in [-0.1, -0.05) is 0 Å². The van der Waals surface area contributed by atoms with E-state index in [1.54, 1.807) is 0 Å². The third kappa shape index (κ3) is 1.23. The summed E-state index contributed by atoms with van der Waals surface area (Å²) >= 11 is 0. The van der Waals surface area contributed by atoms with Gasteiger partial charge in [-0.25, -0.2) is 4.39 Å². The SMILES string of the molecule is CC1NCC(C)n2c(CF)nnc21. The van der Waals surface area contributed by atoms with Crippen LogP contribution in [0.4, 0.5) is 4.39 Å². The van der Waals surface area contributed by atoms with E-state index in [2.05, 4.69) is 15.5 Å². The summed E-state index contributed by atoms with van der Waals surface area (Å²) in [6.07, 6.45) is 0. The number of alkyl halides is 1. The second-order valence-corrected chi connectivity index (χ2v) is 3.46. The molecule has 2 heterocycles. The average molecular weight is 184 g/mol. The van der Waals surface area contributed by atoms with Gasteiger partial charge in [-0.15, -0.1) is 10.2 Å². The maximum atomic E-state index is 12.5. The molecule has 0 amide bonds. The van der Waals surface area contributed by atoms with Crippen molar-refractivity contribution in [3.8, 4) is 0 Å². The molecule has 0 saturated heterocycles. The van der Waals surface area contributed by atoms with Gasteiger partial charge >= 0.3 is 0 Å². The molecule has 2 rings (SSSR count). The van der Waals surface area contributed by atoms with Gasteiger partial charge in [-0.3, -0.25) is 0 Å². The second-order valence-electron chi connectivity index (χ2n) is 3.46. The number of nitrogens with zero attached hydrogens (tertiary/aromatic N) is 3. The molecule has 0 aromatic carbocycles. The van der Waals surface area contributed by atoms with Crippen molar-refractivity contribution in [2.24, 2.45) is 0 Å². The minimum absolute atomic E-state index is 0.170. The van der Waals surface area contributed by atoms with Gasteiger partial charge in [0.15, 0.2) is 5.82 Å². The molecule has 0 spiro atoms. The van der Waals surface area contributed by atoms with Crippen LogP contribution in [-0.2, 0) is 6.67 Å². The maximum absolute atomic E-state index is 12.5. The molecule has 13 heavy (non-hydrogen) atoms. The zero-order valence-corrected chi connectivity index (χ0v) is 7.79. The third-order valence-electron chi connectivity index (χ3n) is 2.46. The van der Waals surface area contributed by atoms with Crippen LogP contribution < -0.4 is 5.32 Å². The molecule has 0 bridgehead atoms. The highest BCUT2D eigenvalue weighted by molar-refractivity contribution is 5.05. The zero-order chi connectivity index (χ0) is 9.42. The van der Waals surface area contributed by atoms with E-state index in [0.29, 0.717) is 5.82 Å². The third-order valence-corrected chi connectivity index (χ3v) is 2.46. The summed E-state index contributed by atoms with van der Waals surface area (Å²) in [5.41, 5.74) is 0. The van der Waals surface area contributed by atoms with Crippen LogP contribution in [0, 0.1) is 0 Å². The molecule has 2 unspecified atom stereocenters. The van der Waals surface area contributed by atoms with Gasteiger partial charge in [-0.2, -0.15) is 0 Å². The normalized spacial score (nSPS) is 27.3. The van der Waals surface area contributed by atoms with Crippen LogP contribution in [-0.4, -0.2) is 21.3 Å². The molecule has 1 N–H and O–H groups in total. The molecule has 0 fully saturated rings. The first-order chi connectivity index (χ1) is 6.24. The van der Waals surface area contributed by atoms with Crippen LogP contribution in [0.5, 0.6) is 0 Å². The van der Waals surface area contributed by atoms with E-state index in [0.717, 1.165) is 12.4 Å². The van der Waals surface area contributed by atoms with E-state index in [-0.39, 0.29) is 12.1 Å². The van der Waals surface area contributed by atoms with Gasteiger partial charge in [0, 0.05) is 12.6 Å². The molecule has 1 aliphatic rings. The van der Waals surface area contributed by atoms with Crippen molar-refractivity contribution in [2.75, 3.05) is 6.54 Å². The van der Waals surface area contributed by atoms with E-state index in [1.807, 2.05) is 18.4 Å². The lowest BCUT2D eigenvalue weighted by molar-refractivity contribution is 0.349. The Hall–Kier alpha value is -0.970. The Bertz CT molecular complexity index is 309. The first-order valence-corrected chi connectivity index (χ1v) is 4.47. The zero-order valence-electron chi connectivity index (χ0n) is 7.79. The van der Waals surface area contributed by atoms with Gasteiger partial charge in [0.05, 0.1) is 6.04 Å². The summed E-state index contributed by atoms with van der Waals surface area (Å²) < 4.78 is 14.4. The lowest BCUT2D eigenvalue weighted by Crippen LogP contribution is -2.35. The lowest BCUT2D eigenvalue weighted by atomic mass is 10.2. The van der Waals surface area contributed by atoms with Crippen LogP contribution in [0.25, 0.3) is 0 Å². The summed E-state index contributed by atoms with van der Waals surface area (Å²) in [5, 5.41) is 11.1. The van der Waals surface area contributed by atoms with Crippen LogP contribution in [0.1, 0.15) is 37.6 Å². The number of halogens is 1. The van der Waals surface area contributed by atoms with Gasteiger partial charge < -0.3 is 9.88 Å². The molecule has 2 atom stereocenters. The number of fused-ring (bicyclic) bond motifs is 1. The summed E-state index contributed by atoms with van der Waals surface area (Å²) in [6, 6.07) is 0.413. The quantitative estimate of drug-likeness (QED) is 0.707. The fraction of sp³-hybridized carbons (Fsp3) is 0.750. The summed E-state index contributed by atoms with van der Waals surface area (Å²) in [5.74, 6) is 1.28. The largest absolute Gasteiger partial charge is 0.307 e. The molecule has 0 saturated carbocycles. The second kappa shape index (κ2) is 3.06. The molecule has 4 nitrogen and oxygen atoms in total. The van der Waals surface area contributed by atoms with Crippen LogP contribution >= 0.6 is 0 Å². The smallest absolute Gasteiger partial charge is 0.164 e. The highest BCUT2D eigenvalue weighted by Gasteiger charge is 2.25. The Balaban J connectivity index is 2.47. The average Bonchev–Trinajstić information content (AvgIpc) is 2.56. The summed E-state index contributed by atoms with van der Waals surface area (Å²) in [6.45, 7) is 4.35. The lowest BCUT2D eigenvalue weighted by Gasteiger charge is -2.27. The predicted octanol–water partition coefficient (Wildman–Crippen LogP) is 0.973. The van der Waals surface area contributed by atoms with Crippen molar-refractivity contribution in [3.63, 3.8) is 0 Å². The molecule has 5 heteroatoms. The van der Waals surface area contributed by atoms with Crippen LogP contribution in [0.3, 0.4) is 0 Å². The van der Waals surface area contributed by atoms with Crippen molar-refractivity contribution in [1.29, 1.82) is 0 Å². The number of nitrogens with one attached hydrogen (secondary N) is 1. The van der Waals surface area contributed by atoms with Gasteiger partial charge in [0.1, 0.15) is 12.5 Å². The Morgan fingerprint density at radius 1 is 1.54 bits per heavy atom. The van der Waals surface area contributed by atoms with Crippen molar-refractivity contribution in [3.05, 3.63) is 11.6 Å². The number of aromatic nitrogens is 3. The minimum Gasteiger partial charge on any atom is -0.307 e. The van der Waals surface area contributed by atoms with Gasteiger partial charge in [0.2, 0.25) is 0 Å². The molecular weight excluding hydrogens is 171 g/mol. The van der Waals surface area contributed by atoms with Crippen molar-refractivity contribution >= 4 is 0 Å². The first-order valence-electron chi connectivity index (χ1n) is 4.47. The molecule has 1 aliphatic heterocycles. The number of hydrogen-bond donors (Lipinski definition) is 1. The highest BCUT2D eigenvalue weighted by atomic mass is 19.1. The molecule has 72 valence electrons. The fourth-order valence-electron chi connectivity index (χ4n) is 1.73. The Kier molecular flexibility index (Phi) is 2.03. The molecule has 1 aromatic rings. The van der Waals surface area contributed by atoms with Gasteiger partial charge in [-0.05, 0) is 13.8 Å². The fourth-order valence-corrected chi connectivity index (χ4v) is 1.73. The monoisotopic (exact) mass is 184 g/mol. The van der Waals surface area contributed by atoms with E-state index in [9.17, 15) is 4.39 Å². The van der Waals surface area contributed by atoms with Gasteiger partial charge in [0.25, 0.3) is 0 Å². The standard InChI is InChI=1S/C8H13FN4/c1-5-4-10-6(2)8-12-11-7(3-9)13(5)8/h5-6,10H,3-4H2,1-2H3. The van der Waals surface area contributed by atoms with Crippen LogP contribution in [0.15, 0.2) is 0 Å². The Morgan fingerprint density at radius 3 is 3.00 bits per heavy atom. The maximum Gasteiger partial charge on any atom is 0.164 e. The number of hydrogen-bond acceptors (Lipinski definition) is 3. The first kappa shape index (κ1) is 8.62. The van der Waals surface area contributed by atoms with E-state index < -0.39 is 6.67 Å². The Morgan fingerprint density at radius 2 is 2.31 bits per heavy atom. The molecule has 1 aromatic heterocycles. The Labute approximate surface area is 76.2 Å². The van der Waals surface area contributed by atoms with Crippen molar-refractivity contribution < 1.29 is 4.39 Å².